The predicted octanol–water partition coefficient (Wildman–Crippen LogP) is 3.05. The number of nitrogens with one attached hydrogen (secondary N) is 1. The van der Waals surface area contributed by atoms with Crippen molar-refractivity contribution in [2.45, 2.75) is 51.7 Å². The zero-order chi connectivity index (χ0) is 17.9. The van der Waals surface area contributed by atoms with E-state index in [0.717, 1.165) is 0 Å². The number of rotatable bonds is 3. The molecule has 2 rings (SSSR count). The quantitative estimate of drug-likeness (QED) is 0.923. The predicted molar refractivity (Wildman–Crippen MR) is 89.2 cm³/mol. The Labute approximate surface area is 142 Å². The van der Waals surface area contributed by atoms with E-state index in [1.165, 1.54) is 6.07 Å². The van der Waals surface area contributed by atoms with Gasteiger partial charge in [0.1, 0.15) is 11.4 Å². The number of ether oxygens (including phenoxy) is 1. The number of nitrogens with zero attached hydrogens (tertiary/aromatic N) is 1. The molecule has 6 heteroatoms. The molecular weight excluding hydrogens is 311 g/mol. The molecule has 2 atom stereocenters. The van der Waals surface area contributed by atoms with Crippen LogP contribution in [0.3, 0.4) is 0 Å². The lowest BCUT2D eigenvalue weighted by atomic mass is 9.94. The van der Waals surface area contributed by atoms with E-state index in [1.807, 2.05) is 0 Å². The minimum absolute atomic E-state index is 0.00942. The highest BCUT2D eigenvalue weighted by atomic mass is 19.1. The lowest BCUT2D eigenvalue weighted by Crippen LogP contribution is -2.43. The molecule has 0 radical (unpaired) electrons. The summed E-state index contributed by atoms with van der Waals surface area (Å²) < 4.78 is 19.5. The van der Waals surface area contributed by atoms with Gasteiger partial charge >= 0.3 is 6.09 Å². The number of carbonyl (C=O) groups is 2. The van der Waals surface area contributed by atoms with Crippen molar-refractivity contribution in [3.63, 3.8) is 0 Å². The van der Waals surface area contributed by atoms with Gasteiger partial charge < -0.3 is 15.0 Å². The third-order valence-corrected chi connectivity index (χ3v) is 3.98. The fourth-order valence-electron chi connectivity index (χ4n) is 2.93. The normalized spacial score (nSPS) is 20.8. The van der Waals surface area contributed by atoms with Gasteiger partial charge in [-0.15, -0.1) is 0 Å². The van der Waals surface area contributed by atoms with E-state index in [1.54, 1.807) is 50.8 Å². The minimum atomic E-state index is -0.616. The average Bonchev–Trinajstić information content (AvgIpc) is 2.88. The second-order valence-corrected chi connectivity index (χ2v) is 7.03. The Morgan fingerprint density at radius 2 is 1.96 bits per heavy atom. The highest BCUT2D eigenvalue weighted by Gasteiger charge is 2.38. The van der Waals surface area contributed by atoms with Crippen LogP contribution in [-0.4, -0.2) is 41.6 Å². The first-order valence-corrected chi connectivity index (χ1v) is 8.23. The zero-order valence-corrected chi connectivity index (χ0v) is 14.6. The van der Waals surface area contributed by atoms with Crippen LogP contribution in [0.1, 0.15) is 45.6 Å². The topological polar surface area (TPSA) is 58.6 Å². The summed E-state index contributed by atoms with van der Waals surface area (Å²) in [5.74, 6) is -0.636. The van der Waals surface area contributed by atoms with Gasteiger partial charge in [0.05, 0.1) is 6.04 Å². The van der Waals surface area contributed by atoms with Crippen molar-refractivity contribution in [2.75, 3.05) is 13.1 Å². The number of amides is 2. The number of halogens is 1. The first kappa shape index (κ1) is 18.2. The van der Waals surface area contributed by atoms with Gasteiger partial charge in [-0.05, 0) is 32.4 Å². The van der Waals surface area contributed by atoms with Gasteiger partial charge in [-0.25, -0.2) is 9.18 Å². The number of benzene rings is 1. The molecule has 0 spiro atoms. The van der Waals surface area contributed by atoms with Gasteiger partial charge in [-0.3, -0.25) is 4.79 Å². The lowest BCUT2D eigenvalue weighted by Gasteiger charge is -2.24. The Morgan fingerprint density at radius 3 is 2.54 bits per heavy atom. The van der Waals surface area contributed by atoms with E-state index in [4.69, 9.17) is 4.74 Å². The van der Waals surface area contributed by atoms with Crippen molar-refractivity contribution in [1.29, 1.82) is 0 Å². The Morgan fingerprint density at radius 1 is 1.29 bits per heavy atom. The second kappa shape index (κ2) is 7.20. The maximum Gasteiger partial charge on any atom is 0.407 e. The molecule has 0 bridgehead atoms. The van der Waals surface area contributed by atoms with Crippen molar-refractivity contribution in [3.8, 4) is 0 Å². The Kier molecular flexibility index (Phi) is 5.47. The van der Waals surface area contributed by atoms with Crippen LogP contribution in [0.25, 0.3) is 0 Å². The largest absolute Gasteiger partial charge is 0.444 e. The zero-order valence-electron chi connectivity index (χ0n) is 14.6. The Bertz CT molecular complexity index is 613. The van der Waals surface area contributed by atoms with E-state index in [0.29, 0.717) is 25.1 Å². The van der Waals surface area contributed by atoms with Gasteiger partial charge in [0.2, 0.25) is 5.91 Å². The van der Waals surface area contributed by atoms with E-state index in [2.05, 4.69) is 5.32 Å². The molecule has 1 saturated heterocycles. The van der Waals surface area contributed by atoms with Crippen molar-refractivity contribution in [3.05, 3.63) is 35.6 Å². The van der Waals surface area contributed by atoms with Gasteiger partial charge in [0.25, 0.3) is 0 Å². The molecule has 1 aliphatic rings. The molecule has 0 saturated carbocycles. The number of hydrogen-bond acceptors (Lipinski definition) is 3. The van der Waals surface area contributed by atoms with Crippen molar-refractivity contribution >= 4 is 12.0 Å². The van der Waals surface area contributed by atoms with Gasteiger partial charge in [0.15, 0.2) is 0 Å². The summed E-state index contributed by atoms with van der Waals surface area (Å²) in [7, 11) is 0. The van der Waals surface area contributed by atoms with Crippen LogP contribution in [0.4, 0.5) is 9.18 Å². The summed E-state index contributed by atoms with van der Waals surface area (Å²) in [5, 5.41) is 2.80. The van der Waals surface area contributed by atoms with Crippen molar-refractivity contribution < 1.29 is 18.7 Å². The maximum atomic E-state index is 14.2. The third-order valence-electron chi connectivity index (χ3n) is 3.98. The van der Waals surface area contributed by atoms with Gasteiger partial charge in [-0.2, -0.15) is 0 Å². The molecule has 24 heavy (non-hydrogen) atoms. The third kappa shape index (κ3) is 4.46. The van der Waals surface area contributed by atoms with Gasteiger partial charge in [-0.1, -0.05) is 25.1 Å². The van der Waals surface area contributed by atoms with E-state index < -0.39 is 11.7 Å². The summed E-state index contributed by atoms with van der Waals surface area (Å²) in [6, 6.07) is 6.09. The molecule has 1 aromatic rings. The van der Waals surface area contributed by atoms with E-state index >= 15 is 0 Å². The van der Waals surface area contributed by atoms with Crippen LogP contribution in [0.15, 0.2) is 24.3 Å². The summed E-state index contributed by atoms with van der Waals surface area (Å²) in [5.41, 5.74) is -0.111. The van der Waals surface area contributed by atoms with Crippen LogP contribution in [0, 0.1) is 5.82 Å². The summed E-state index contributed by atoms with van der Waals surface area (Å²) in [6.45, 7) is 7.86. The van der Waals surface area contributed by atoms with E-state index in [9.17, 15) is 14.0 Å². The van der Waals surface area contributed by atoms with Crippen LogP contribution in [0.5, 0.6) is 0 Å². The summed E-state index contributed by atoms with van der Waals surface area (Å²) >= 11 is 0. The molecular formula is C18H25FN2O3. The lowest BCUT2D eigenvalue weighted by molar-refractivity contribution is -0.129. The summed E-state index contributed by atoms with van der Waals surface area (Å²) in [4.78, 5) is 25.8. The monoisotopic (exact) mass is 336 g/mol. The summed E-state index contributed by atoms with van der Waals surface area (Å²) in [6.07, 6.45) is -0.178. The van der Waals surface area contributed by atoms with E-state index in [-0.39, 0.29) is 23.7 Å². The molecule has 0 aromatic heterocycles. The van der Waals surface area contributed by atoms with Crippen LogP contribution >= 0.6 is 0 Å². The molecule has 132 valence electrons. The Hall–Kier alpha value is -2.11. The molecule has 0 unspecified atom stereocenters. The van der Waals surface area contributed by atoms with Crippen LogP contribution < -0.4 is 5.32 Å². The highest BCUT2D eigenvalue weighted by Crippen LogP contribution is 2.30. The highest BCUT2D eigenvalue weighted by molar-refractivity contribution is 5.77. The number of alkyl carbamates (subject to hydrolysis) is 1. The number of likely N-dealkylation sites (tertiary alicyclic amines) is 1. The molecule has 0 aliphatic carbocycles. The minimum Gasteiger partial charge on any atom is -0.444 e. The van der Waals surface area contributed by atoms with Crippen molar-refractivity contribution in [2.24, 2.45) is 0 Å². The maximum absolute atomic E-state index is 14.2. The standard InChI is InChI=1S/C18H25FN2O3/c1-5-16(22)21-10-13(12-8-6-7-9-14(12)19)15(11-21)20-17(23)24-18(2,3)4/h6-9,13,15H,5,10-11H2,1-4H3,(H,20,23)/t13-,15+/m0/s1. The number of hydrogen-bond donors (Lipinski definition) is 1. The second-order valence-electron chi connectivity index (χ2n) is 7.03. The molecule has 1 N–H and O–H groups in total. The molecule has 5 nitrogen and oxygen atoms in total. The first-order chi connectivity index (χ1) is 11.2. The number of carbonyl (C=O) groups excluding carboxylic acids is 2. The smallest absolute Gasteiger partial charge is 0.407 e. The van der Waals surface area contributed by atoms with Crippen LogP contribution in [0.2, 0.25) is 0 Å². The molecule has 1 aromatic carbocycles. The fourth-order valence-corrected chi connectivity index (χ4v) is 2.93. The van der Waals surface area contributed by atoms with Crippen molar-refractivity contribution in [1.82, 2.24) is 10.2 Å². The van der Waals surface area contributed by atoms with Crippen LogP contribution in [-0.2, 0) is 9.53 Å². The molecule has 1 heterocycles. The molecule has 1 fully saturated rings. The SMILES string of the molecule is CCC(=O)N1C[C@@H](NC(=O)OC(C)(C)C)[C@H](c2ccccc2F)C1. The average molecular weight is 336 g/mol. The first-order valence-electron chi connectivity index (χ1n) is 8.23. The fraction of sp³-hybridized carbons (Fsp3) is 0.556. The van der Waals surface area contributed by atoms with Gasteiger partial charge in [0, 0.05) is 25.4 Å². The molecule has 1 aliphatic heterocycles. The molecule has 2 amide bonds. The Balaban J connectivity index is 2.20.